The van der Waals surface area contributed by atoms with Gasteiger partial charge in [0.05, 0.1) is 0 Å². The Morgan fingerprint density at radius 2 is 2.29 bits per heavy atom. The molecular formula is C6H9F. The molecule has 0 aliphatic heterocycles. The van der Waals surface area contributed by atoms with Gasteiger partial charge in [-0.25, -0.2) is 4.39 Å². The Kier molecular flexibility index (Phi) is 1.45. The van der Waals surface area contributed by atoms with Crippen LogP contribution in [0.25, 0.3) is 0 Å². The molecule has 1 atom stereocenters. The van der Waals surface area contributed by atoms with Gasteiger partial charge in [0.25, 0.3) is 0 Å². The summed E-state index contributed by atoms with van der Waals surface area (Å²) in [4.78, 5) is 0. The summed E-state index contributed by atoms with van der Waals surface area (Å²) in [6.07, 6.45) is 5.70. The summed E-state index contributed by atoms with van der Waals surface area (Å²) in [5, 5.41) is 0. The number of allylic oxidation sites excluding steroid dienone is 2. The highest BCUT2D eigenvalue weighted by Gasteiger charge is 2.04. The molecule has 0 radical (unpaired) electrons. The summed E-state index contributed by atoms with van der Waals surface area (Å²) >= 11 is 0. The molecule has 1 rings (SSSR count). The van der Waals surface area contributed by atoms with Crippen molar-refractivity contribution in [3.05, 3.63) is 12.2 Å². The zero-order chi connectivity index (χ0) is 5.11. The Bertz CT molecular complexity index is 76.2. The number of alkyl halides is 1. The molecule has 0 heterocycles. The fourth-order valence-corrected chi connectivity index (χ4v) is 0.757. The number of rotatable bonds is 0. The van der Waals surface area contributed by atoms with Gasteiger partial charge in [0.15, 0.2) is 0 Å². The van der Waals surface area contributed by atoms with E-state index in [1.165, 1.54) is 0 Å². The van der Waals surface area contributed by atoms with E-state index in [9.17, 15) is 4.39 Å². The third-order valence-electron chi connectivity index (χ3n) is 1.21. The van der Waals surface area contributed by atoms with Gasteiger partial charge < -0.3 is 0 Å². The standard InChI is InChI=1S/C6H9F/c7-6-4-2-1-3-5-6/h1-2,6H,3-5H2/t6-/m0/s1. The van der Waals surface area contributed by atoms with Crippen molar-refractivity contribution in [2.75, 3.05) is 0 Å². The molecule has 1 aliphatic rings. The van der Waals surface area contributed by atoms with E-state index in [-0.39, 0.29) is 0 Å². The van der Waals surface area contributed by atoms with Crippen molar-refractivity contribution in [3.63, 3.8) is 0 Å². The third kappa shape index (κ3) is 1.30. The lowest BCUT2D eigenvalue weighted by molar-refractivity contribution is 0.311. The molecule has 0 aromatic heterocycles. The van der Waals surface area contributed by atoms with Crippen molar-refractivity contribution in [1.29, 1.82) is 0 Å². The third-order valence-corrected chi connectivity index (χ3v) is 1.21. The SMILES string of the molecule is F[C@H]1CC=CCC1. The molecule has 0 nitrogen and oxygen atoms in total. The minimum atomic E-state index is -0.551. The average molecular weight is 100 g/mol. The summed E-state index contributed by atoms with van der Waals surface area (Å²) in [6.45, 7) is 0. The van der Waals surface area contributed by atoms with Gasteiger partial charge in [-0.15, -0.1) is 0 Å². The number of hydrogen-bond acceptors (Lipinski definition) is 0. The molecule has 40 valence electrons. The van der Waals surface area contributed by atoms with Gasteiger partial charge in [-0.3, -0.25) is 0 Å². The van der Waals surface area contributed by atoms with Crippen LogP contribution in [-0.2, 0) is 0 Å². The lowest BCUT2D eigenvalue weighted by atomic mass is 10.1. The minimum absolute atomic E-state index is 0.551. The molecule has 1 heteroatoms. The lowest BCUT2D eigenvalue weighted by Gasteiger charge is -2.05. The predicted molar refractivity (Wildman–Crippen MR) is 27.9 cm³/mol. The van der Waals surface area contributed by atoms with Crippen LogP contribution in [0.1, 0.15) is 19.3 Å². The highest BCUT2D eigenvalue weighted by molar-refractivity contribution is 4.89. The van der Waals surface area contributed by atoms with Crippen LogP contribution in [-0.4, -0.2) is 6.17 Å². The van der Waals surface area contributed by atoms with Crippen molar-refractivity contribution in [2.24, 2.45) is 0 Å². The second-order valence-electron chi connectivity index (χ2n) is 1.88. The second-order valence-corrected chi connectivity index (χ2v) is 1.88. The molecule has 0 aromatic carbocycles. The van der Waals surface area contributed by atoms with Crippen LogP contribution in [0, 0.1) is 0 Å². The molecule has 0 spiro atoms. The Labute approximate surface area is 43.0 Å². The van der Waals surface area contributed by atoms with Gasteiger partial charge in [-0.1, -0.05) is 12.2 Å². The van der Waals surface area contributed by atoms with Gasteiger partial charge in [0.2, 0.25) is 0 Å². The summed E-state index contributed by atoms with van der Waals surface area (Å²) < 4.78 is 12.1. The van der Waals surface area contributed by atoms with Crippen LogP contribution in [0.4, 0.5) is 4.39 Å². The van der Waals surface area contributed by atoms with Crippen LogP contribution < -0.4 is 0 Å². The Morgan fingerprint density at radius 1 is 1.43 bits per heavy atom. The van der Waals surface area contributed by atoms with Crippen LogP contribution >= 0.6 is 0 Å². The van der Waals surface area contributed by atoms with E-state index in [0.717, 1.165) is 12.8 Å². The Balaban J connectivity index is 2.32. The van der Waals surface area contributed by atoms with Crippen molar-refractivity contribution < 1.29 is 4.39 Å². The molecule has 0 saturated heterocycles. The van der Waals surface area contributed by atoms with Crippen LogP contribution in [0.15, 0.2) is 12.2 Å². The maximum Gasteiger partial charge on any atom is 0.104 e. The molecule has 0 amide bonds. The highest BCUT2D eigenvalue weighted by Crippen LogP contribution is 2.12. The summed E-state index contributed by atoms with van der Waals surface area (Å²) in [5.74, 6) is 0. The highest BCUT2D eigenvalue weighted by atomic mass is 19.1. The largest absolute Gasteiger partial charge is 0.247 e. The molecule has 0 unspecified atom stereocenters. The topological polar surface area (TPSA) is 0 Å². The Morgan fingerprint density at radius 3 is 2.57 bits per heavy atom. The lowest BCUT2D eigenvalue weighted by Crippen LogP contribution is -1.99. The van der Waals surface area contributed by atoms with Crippen LogP contribution in [0.2, 0.25) is 0 Å². The Hall–Kier alpha value is -0.330. The van der Waals surface area contributed by atoms with Crippen molar-refractivity contribution in [2.45, 2.75) is 25.4 Å². The van der Waals surface area contributed by atoms with Gasteiger partial charge >= 0.3 is 0 Å². The van der Waals surface area contributed by atoms with E-state index in [2.05, 4.69) is 0 Å². The van der Waals surface area contributed by atoms with Crippen LogP contribution in [0.3, 0.4) is 0 Å². The summed E-state index contributed by atoms with van der Waals surface area (Å²) in [6, 6.07) is 0. The number of halogens is 1. The molecule has 0 bridgehead atoms. The van der Waals surface area contributed by atoms with Gasteiger partial charge in [-0.2, -0.15) is 0 Å². The first-order valence-corrected chi connectivity index (χ1v) is 2.68. The smallest absolute Gasteiger partial charge is 0.104 e. The van der Waals surface area contributed by atoms with E-state index in [1.54, 1.807) is 0 Å². The average Bonchev–Trinajstić information content (AvgIpc) is 1.69. The number of hydrogen-bond donors (Lipinski definition) is 0. The molecule has 0 saturated carbocycles. The molecular weight excluding hydrogens is 91.1 g/mol. The molecule has 0 aromatic rings. The van der Waals surface area contributed by atoms with Gasteiger partial charge in [0.1, 0.15) is 6.17 Å². The van der Waals surface area contributed by atoms with Crippen molar-refractivity contribution >= 4 is 0 Å². The second kappa shape index (κ2) is 2.10. The fraction of sp³-hybridized carbons (Fsp3) is 0.667. The molecule has 0 N–H and O–H groups in total. The first kappa shape index (κ1) is 4.82. The van der Waals surface area contributed by atoms with E-state index in [1.807, 2.05) is 12.2 Å². The van der Waals surface area contributed by atoms with E-state index >= 15 is 0 Å². The molecule has 0 fully saturated rings. The van der Waals surface area contributed by atoms with Crippen LogP contribution in [0.5, 0.6) is 0 Å². The van der Waals surface area contributed by atoms with E-state index in [4.69, 9.17) is 0 Å². The minimum Gasteiger partial charge on any atom is -0.247 e. The quantitative estimate of drug-likeness (QED) is 0.409. The normalized spacial score (nSPS) is 30.7. The maximum absolute atomic E-state index is 12.1. The van der Waals surface area contributed by atoms with E-state index in [0.29, 0.717) is 6.42 Å². The zero-order valence-corrected chi connectivity index (χ0v) is 4.23. The van der Waals surface area contributed by atoms with E-state index < -0.39 is 6.17 Å². The van der Waals surface area contributed by atoms with Crippen molar-refractivity contribution in [3.8, 4) is 0 Å². The van der Waals surface area contributed by atoms with Crippen molar-refractivity contribution in [1.82, 2.24) is 0 Å². The van der Waals surface area contributed by atoms with Gasteiger partial charge in [-0.05, 0) is 19.3 Å². The zero-order valence-electron chi connectivity index (χ0n) is 4.23. The summed E-state index contributed by atoms with van der Waals surface area (Å²) in [5.41, 5.74) is 0. The predicted octanol–water partition coefficient (Wildman–Crippen LogP) is 2.06. The monoisotopic (exact) mass is 100 g/mol. The van der Waals surface area contributed by atoms with Gasteiger partial charge in [0, 0.05) is 0 Å². The molecule has 1 aliphatic carbocycles. The fourth-order valence-electron chi connectivity index (χ4n) is 0.757. The summed E-state index contributed by atoms with van der Waals surface area (Å²) in [7, 11) is 0. The molecule has 7 heavy (non-hydrogen) atoms. The first-order chi connectivity index (χ1) is 3.39. The maximum atomic E-state index is 12.1. The first-order valence-electron chi connectivity index (χ1n) is 2.68.